The maximum atomic E-state index is 12.9. The van der Waals surface area contributed by atoms with Gasteiger partial charge in [-0.25, -0.2) is 14.3 Å². The summed E-state index contributed by atoms with van der Waals surface area (Å²) in [6.07, 6.45) is 1.72. The first-order valence-electron chi connectivity index (χ1n) is 9.62. The molecule has 0 radical (unpaired) electrons. The maximum Gasteiger partial charge on any atom is 0.295 e. The first-order valence-corrected chi connectivity index (χ1v) is 10.6. The number of imidazole rings is 1. The van der Waals surface area contributed by atoms with Crippen molar-refractivity contribution in [1.29, 1.82) is 0 Å². The molecule has 0 aliphatic heterocycles. The second kappa shape index (κ2) is 8.57. The third-order valence-corrected chi connectivity index (χ3v) is 5.89. The zero-order chi connectivity index (χ0) is 22.0. The minimum absolute atomic E-state index is 0.0710. The number of para-hydroxylation sites is 1. The Balaban J connectivity index is 1.48. The smallest absolute Gasteiger partial charge is 0.295 e. The van der Waals surface area contributed by atoms with Crippen LogP contribution >= 0.6 is 11.8 Å². The number of nitrogens with one attached hydrogen (secondary N) is 1. The lowest BCUT2D eigenvalue weighted by Crippen LogP contribution is -2.23. The molecule has 2 heterocycles. The summed E-state index contributed by atoms with van der Waals surface area (Å²) in [6, 6.07) is 19.0. The standard InChI is InChI=1S/C22H22N6O2S/c1-15-20(21(30)28(26(15)2)17-11-7-4-8-12-17)25-19(29)14-31-22-24-18(13-27(22)23)16-9-5-3-6-10-16/h3-13H,14,23H2,1-2H3,(H,25,29). The second-order valence-corrected chi connectivity index (χ2v) is 7.90. The van der Waals surface area contributed by atoms with Crippen molar-refractivity contribution in [3.05, 3.63) is 82.9 Å². The molecule has 8 nitrogen and oxygen atoms in total. The number of nitrogens with two attached hydrogens (primary N) is 1. The van der Waals surface area contributed by atoms with E-state index in [1.54, 1.807) is 24.9 Å². The number of hydrogen-bond donors (Lipinski definition) is 2. The highest BCUT2D eigenvalue weighted by molar-refractivity contribution is 7.99. The summed E-state index contributed by atoms with van der Waals surface area (Å²) in [5.74, 6) is 5.76. The monoisotopic (exact) mass is 434 g/mol. The van der Waals surface area contributed by atoms with E-state index >= 15 is 0 Å². The summed E-state index contributed by atoms with van der Waals surface area (Å²) in [5, 5.41) is 3.26. The number of amides is 1. The van der Waals surface area contributed by atoms with Crippen molar-refractivity contribution in [3.8, 4) is 16.9 Å². The number of nitrogens with zero attached hydrogens (tertiary/aromatic N) is 4. The number of benzene rings is 2. The number of nitrogen functional groups attached to an aromatic ring is 1. The van der Waals surface area contributed by atoms with Gasteiger partial charge in [0, 0.05) is 12.6 Å². The summed E-state index contributed by atoms with van der Waals surface area (Å²) in [5.41, 5.74) is 3.05. The van der Waals surface area contributed by atoms with Crippen molar-refractivity contribution in [2.24, 2.45) is 7.05 Å². The average molecular weight is 435 g/mol. The number of aromatic nitrogens is 4. The van der Waals surface area contributed by atoms with Crippen LogP contribution in [0.2, 0.25) is 0 Å². The minimum Gasteiger partial charge on any atom is -0.337 e. The number of hydrogen-bond acceptors (Lipinski definition) is 5. The molecule has 4 aromatic rings. The molecule has 0 unspecified atom stereocenters. The van der Waals surface area contributed by atoms with E-state index in [4.69, 9.17) is 5.84 Å². The van der Waals surface area contributed by atoms with Crippen molar-refractivity contribution in [3.63, 3.8) is 0 Å². The molecule has 31 heavy (non-hydrogen) atoms. The van der Waals surface area contributed by atoms with Crippen molar-refractivity contribution >= 4 is 23.4 Å². The van der Waals surface area contributed by atoms with Crippen LogP contribution in [0.25, 0.3) is 16.9 Å². The predicted octanol–water partition coefficient (Wildman–Crippen LogP) is 2.79. The summed E-state index contributed by atoms with van der Waals surface area (Å²) in [6.45, 7) is 1.79. The largest absolute Gasteiger partial charge is 0.337 e. The Morgan fingerprint density at radius 2 is 1.74 bits per heavy atom. The predicted molar refractivity (Wildman–Crippen MR) is 123 cm³/mol. The van der Waals surface area contributed by atoms with Crippen molar-refractivity contribution < 1.29 is 4.79 Å². The molecule has 0 atom stereocenters. The number of thioether (sulfide) groups is 1. The van der Waals surface area contributed by atoms with E-state index in [1.165, 1.54) is 21.1 Å². The van der Waals surface area contributed by atoms with Crippen LogP contribution in [-0.2, 0) is 11.8 Å². The summed E-state index contributed by atoms with van der Waals surface area (Å²) < 4.78 is 4.65. The third-order valence-electron chi connectivity index (χ3n) is 4.92. The fourth-order valence-corrected chi connectivity index (χ4v) is 3.95. The third kappa shape index (κ3) is 4.13. The molecule has 0 aliphatic rings. The molecule has 0 bridgehead atoms. The van der Waals surface area contributed by atoms with E-state index in [1.807, 2.05) is 60.7 Å². The summed E-state index contributed by atoms with van der Waals surface area (Å²) in [7, 11) is 1.78. The van der Waals surface area contributed by atoms with Gasteiger partial charge in [-0.05, 0) is 19.1 Å². The lowest BCUT2D eigenvalue weighted by molar-refractivity contribution is -0.113. The molecular formula is C22H22N6O2S. The van der Waals surface area contributed by atoms with Gasteiger partial charge < -0.3 is 11.2 Å². The fraction of sp³-hybridized carbons (Fsp3) is 0.136. The number of carbonyl (C=O) groups is 1. The Kier molecular flexibility index (Phi) is 5.68. The topological polar surface area (TPSA) is 99.9 Å². The van der Waals surface area contributed by atoms with Crippen molar-refractivity contribution in [1.82, 2.24) is 19.0 Å². The molecule has 1 amide bonds. The van der Waals surface area contributed by atoms with E-state index in [0.717, 1.165) is 16.9 Å². The Morgan fingerprint density at radius 1 is 1.10 bits per heavy atom. The molecule has 0 saturated carbocycles. The SMILES string of the molecule is Cc1c(NC(=O)CSc2nc(-c3ccccc3)cn2N)c(=O)n(-c2ccccc2)n1C. The van der Waals surface area contributed by atoms with Gasteiger partial charge in [0.15, 0.2) is 5.16 Å². The van der Waals surface area contributed by atoms with E-state index in [0.29, 0.717) is 10.9 Å². The molecule has 158 valence electrons. The number of anilines is 1. The second-order valence-electron chi connectivity index (χ2n) is 6.96. The molecule has 0 aliphatic carbocycles. The normalized spacial score (nSPS) is 10.9. The molecule has 9 heteroatoms. The van der Waals surface area contributed by atoms with Gasteiger partial charge in [0.1, 0.15) is 5.69 Å². The average Bonchev–Trinajstić information content (AvgIpc) is 3.26. The van der Waals surface area contributed by atoms with E-state index in [2.05, 4.69) is 10.3 Å². The van der Waals surface area contributed by atoms with Crippen LogP contribution in [0.15, 0.2) is 76.8 Å². The molecule has 2 aromatic carbocycles. The lowest BCUT2D eigenvalue weighted by Gasteiger charge is -2.07. The van der Waals surface area contributed by atoms with Gasteiger partial charge >= 0.3 is 0 Å². The zero-order valence-corrected chi connectivity index (χ0v) is 18.0. The minimum atomic E-state index is -0.305. The van der Waals surface area contributed by atoms with Crippen molar-refractivity contribution in [2.75, 3.05) is 16.9 Å². The molecule has 2 aromatic heterocycles. The first-order chi connectivity index (χ1) is 15.0. The molecule has 3 N–H and O–H groups in total. The van der Waals surface area contributed by atoms with Gasteiger partial charge in [0.2, 0.25) is 5.91 Å². The quantitative estimate of drug-likeness (QED) is 0.359. The van der Waals surface area contributed by atoms with Crippen LogP contribution < -0.4 is 16.7 Å². The fourth-order valence-electron chi connectivity index (χ4n) is 3.25. The Morgan fingerprint density at radius 3 is 2.42 bits per heavy atom. The van der Waals surface area contributed by atoms with Gasteiger partial charge in [-0.15, -0.1) is 0 Å². The Labute approximate surface area is 183 Å². The summed E-state index contributed by atoms with van der Waals surface area (Å²) >= 11 is 1.21. The Hall–Kier alpha value is -3.72. The Bertz CT molecular complexity index is 1270. The van der Waals surface area contributed by atoms with E-state index in [9.17, 15) is 9.59 Å². The highest BCUT2D eigenvalue weighted by atomic mass is 32.2. The molecule has 0 spiro atoms. The zero-order valence-electron chi connectivity index (χ0n) is 17.1. The van der Waals surface area contributed by atoms with Crippen molar-refractivity contribution in [2.45, 2.75) is 12.1 Å². The van der Waals surface area contributed by atoms with Crippen LogP contribution in [0.4, 0.5) is 5.69 Å². The van der Waals surface area contributed by atoms with Crippen LogP contribution in [0.1, 0.15) is 5.69 Å². The lowest BCUT2D eigenvalue weighted by atomic mass is 10.2. The van der Waals surface area contributed by atoms with Gasteiger partial charge in [0.05, 0.1) is 29.0 Å². The molecule has 0 fully saturated rings. The molecule has 0 saturated heterocycles. The van der Waals surface area contributed by atoms with Crippen LogP contribution in [0.3, 0.4) is 0 Å². The van der Waals surface area contributed by atoms with E-state index in [-0.39, 0.29) is 22.9 Å². The van der Waals surface area contributed by atoms with Gasteiger partial charge in [-0.2, -0.15) is 0 Å². The maximum absolute atomic E-state index is 12.9. The molecule has 4 rings (SSSR count). The number of rotatable bonds is 6. The van der Waals surface area contributed by atoms with E-state index < -0.39 is 0 Å². The van der Waals surface area contributed by atoms with Crippen LogP contribution in [0.5, 0.6) is 0 Å². The highest BCUT2D eigenvalue weighted by Crippen LogP contribution is 2.23. The highest BCUT2D eigenvalue weighted by Gasteiger charge is 2.19. The summed E-state index contributed by atoms with van der Waals surface area (Å²) in [4.78, 5) is 30.0. The first kappa shape index (κ1) is 20.5. The van der Waals surface area contributed by atoms with Gasteiger partial charge in [-0.1, -0.05) is 60.3 Å². The van der Waals surface area contributed by atoms with Gasteiger partial charge in [-0.3, -0.25) is 14.3 Å². The van der Waals surface area contributed by atoms with Crippen LogP contribution in [-0.4, -0.2) is 30.7 Å². The van der Waals surface area contributed by atoms with Gasteiger partial charge in [0.25, 0.3) is 5.56 Å². The van der Waals surface area contributed by atoms with Crippen LogP contribution in [0, 0.1) is 6.92 Å². The number of carbonyl (C=O) groups excluding carboxylic acids is 1. The molecular weight excluding hydrogens is 412 g/mol.